The van der Waals surface area contributed by atoms with E-state index in [-0.39, 0.29) is 18.8 Å². The van der Waals surface area contributed by atoms with Gasteiger partial charge in [0, 0.05) is 0 Å². The van der Waals surface area contributed by atoms with E-state index in [0.29, 0.717) is 11.0 Å². The molecule has 0 bridgehead atoms. The lowest BCUT2D eigenvalue weighted by molar-refractivity contribution is -0.873. The first-order valence-electron chi connectivity index (χ1n) is 9.78. The van der Waals surface area contributed by atoms with Crippen molar-refractivity contribution in [2.24, 2.45) is 0 Å². The number of rotatable bonds is 15. The molecular weight excluding hydrogens is 330 g/mol. The minimum Gasteiger partial charge on any atom is -0.481 e. The van der Waals surface area contributed by atoms with Crippen LogP contribution in [0.5, 0.6) is 0 Å². The Morgan fingerprint density at radius 2 is 1.62 bits per heavy atom. The Labute approximate surface area is 159 Å². The second-order valence-corrected chi connectivity index (χ2v) is 7.80. The Balaban J connectivity index is 4.00. The number of carbonyl (C=O) groups is 2. The van der Waals surface area contributed by atoms with E-state index < -0.39 is 12.1 Å². The SMILES string of the molecule is CCCCCCCC/C=C/C=C/CC(=O)O[C@@H](CC(=O)O)C[N+](C)(C)C. The predicted octanol–water partition coefficient (Wildman–Crippen LogP) is 4.33. The van der Waals surface area contributed by atoms with Crippen LogP contribution >= 0.6 is 0 Å². The summed E-state index contributed by atoms with van der Waals surface area (Å²) in [5.41, 5.74) is 0. The Hall–Kier alpha value is -1.62. The van der Waals surface area contributed by atoms with Crippen LogP contribution in [0.15, 0.2) is 24.3 Å². The number of hydrogen-bond acceptors (Lipinski definition) is 3. The van der Waals surface area contributed by atoms with E-state index in [0.717, 1.165) is 6.42 Å². The molecule has 0 saturated carbocycles. The zero-order valence-electron chi connectivity index (χ0n) is 17.1. The van der Waals surface area contributed by atoms with Gasteiger partial charge in [-0.15, -0.1) is 0 Å². The molecule has 0 aromatic heterocycles. The lowest BCUT2D eigenvalue weighted by Crippen LogP contribution is -2.43. The standard InChI is InChI=1S/C21H37NO4/c1-5-6-7-8-9-10-11-12-13-14-15-16-21(25)26-19(17-20(23)24)18-22(2,3)4/h12-15,19H,5-11,16-18H2,1-4H3/p+1/b13-12+,15-14+/t19-/m0/s1. The Morgan fingerprint density at radius 3 is 2.23 bits per heavy atom. The van der Waals surface area contributed by atoms with Crippen LogP contribution in [0.3, 0.4) is 0 Å². The van der Waals surface area contributed by atoms with Gasteiger partial charge in [0.15, 0.2) is 6.10 Å². The molecule has 1 atom stereocenters. The van der Waals surface area contributed by atoms with Gasteiger partial charge in [0.2, 0.25) is 0 Å². The Bertz CT molecular complexity index is 449. The molecule has 0 unspecified atom stereocenters. The van der Waals surface area contributed by atoms with Crippen molar-refractivity contribution < 1.29 is 23.9 Å². The molecule has 0 aromatic rings. The maximum Gasteiger partial charge on any atom is 0.310 e. The number of aliphatic carboxylic acids is 1. The Kier molecular flexibility index (Phi) is 13.6. The van der Waals surface area contributed by atoms with Crippen molar-refractivity contribution >= 4 is 11.9 Å². The highest BCUT2D eigenvalue weighted by Gasteiger charge is 2.24. The lowest BCUT2D eigenvalue weighted by Gasteiger charge is -2.28. The first-order valence-corrected chi connectivity index (χ1v) is 9.78. The molecule has 0 aliphatic carbocycles. The summed E-state index contributed by atoms with van der Waals surface area (Å²) >= 11 is 0. The van der Waals surface area contributed by atoms with Gasteiger partial charge in [-0.1, -0.05) is 63.3 Å². The van der Waals surface area contributed by atoms with E-state index in [1.807, 2.05) is 33.3 Å². The molecule has 26 heavy (non-hydrogen) atoms. The van der Waals surface area contributed by atoms with Crippen molar-refractivity contribution in [3.05, 3.63) is 24.3 Å². The molecule has 0 heterocycles. The van der Waals surface area contributed by atoms with Gasteiger partial charge in [0.25, 0.3) is 0 Å². The quantitative estimate of drug-likeness (QED) is 0.202. The van der Waals surface area contributed by atoms with Crippen molar-refractivity contribution in [3.63, 3.8) is 0 Å². The minimum absolute atomic E-state index is 0.161. The normalized spacial score (nSPS) is 13.4. The molecule has 0 aliphatic rings. The predicted molar refractivity (Wildman–Crippen MR) is 106 cm³/mol. The van der Waals surface area contributed by atoms with Crippen LogP contribution in [-0.4, -0.2) is 55.3 Å². The number of esters is 1. The lowest BCUT2D eigenvalue weighted by atomic mass is 10.1. The Morgan fingerprint density at radius 1 is 1.00 bits per heavy atom. The molecule has 0 rings (SSSR count). The van der Waals surface area contributed by atoms with Crippen LogP contribution in [0.2, 0.25) is 0 Å². The molecule has 1 N–H and O–H groups in total. The summed E-state index contributed by atoms with van der Waals surface area (Å²) in [6.45, 7) is 2.70. The van der Waals surface area contributed by atoms with E-state index >= 15 is 0 Å². The molecule has 150 valence electrons. The summed E-state index contributed by atoms with van der Waals surface area (Å²) in [4.78, 5) is 22.8. The zero-order chi connectivity index (χ0) is 19.8. The minimum atomic E-state index is -0.954. The monoisotopic (exact) mass is 368 g/mol. The molecule has 0 radical (unpaired) electrons. The number of carboxylic acid groups (broad SMARTS) is 1. The average Bonchev–Trinajstić information content (AvgIpc) is 2.50. The van der Waals surface area contributed by atoms with Gasteiger partial charge in [-0.3, -0.25) is 9.59 Å². The molecule has 0 amide bonds. The van der Waals surface area contributed by atoms with Crippen LogP contribution in [0.1, 0.15) is 64.7 Å². The molecule has 0 fully saturated rings. The van der Waals surface area contributed by atoms with Crippen molar-refractivity contribution in [1.82, 2.24) is 0 Å². The second-order valence-electron chi connectivity index (χ2n) is 7.80. The summed E-state index contributed by atoms with van der Waals surface area (Å²) in [7, 11) is 5.82. The fraction of sp³-hybridized carbons (Fsp3) is 0.714. The molecule has 5 nitrogen and oxygen atoms in total. The maximum atomic E-state index is 11.9. The third kappa shape index (κ3) is 17.2. The van der Waals surface area contributed by atoms with Gasteiger partial charge in [0.1, 0.15) is 6.54 Å². The summed E-state index contributed by atoms with van der Waals surface area (Å²) in [6.07, 6.45) is 15.9. The largest absolute Gasteiger partial charge is 0.481 e. The van der Waals surface area contributed by atoms with Crippen LogP contribution in [0.4, 0.5) is 0 Å². The number of nitrogens with zero attached hydrogens (tertiary/aromatic N) is 1. The fourth-order valence-corrected chi connectivity index (χ4v) is 2.64. The number of likely N-dealkylation sites (N-methyl/N-ethyl adjacent to an activating group) is 1. The van der Waals surface area contributed by atoms with Crippen molar-refractivity contribution in [3.8, 4) is 0 Å². The third-order valence-electron chi connectivity index (χ3n) is 3.84. The highest BCUT2D eigenvalue weighted by Crippen LogP contribution is 2.08. The molecular formula is C21H38NO4+. The summed E-state index contributed by atoms with van der Waals surface area (Å²) < 4.78 is 5.86. The van der Waals surface area contributed by atoms with Crippen molar-refractivity contribution in [2.45, 2.75) is 70.8 Å². The molecule has 0 aromatic carbocycles. The van der Waals surface area contributed by atoms with E-state index in [9.17, 15) is 9.59 Å². The van der Waals surface area contributed by atoms with Gasteiger partial charge in [-0.2, -0.15) is 0 Å². The van der Waals surface area contributed by atoms with Gasteiger partial charge in [0.05, 0.1) is 34.0 Å². The van der Waals surface area contributed by atoms with Gasteiger partial charge >= 0.3 is 11.9 Å². The number of allylic oxidation sites excluding steroid dienone is 3. The number of carboxylic acids is 1. The molecule has 0 spiro atoms. The van der Waals surface area contributed by atoms with E-state index in [1.54, 1.807) is 6.08 Å². The topological polar surface area (TPSA) is 63.6 Å². The second kappa shape index (κ2) is 14.5. The average molecular weight is 369 g/mol. The number of hydrogen-bond donors (Lipinski definition) is 1. The number of unbranched alkanes of at least 4 members (excludes halogenated alkanes) is 6. The van der Waals surface area contributed by atoms with Gasteiger partial charge < -0.3 is 14.3 Å². The molecule has 0 saturated heterocycles. The maximum absolute atomic E-state index is 11.9. The first-order chi connectivity index (χ1) is 12.2. The fourth-order valence-electron chi connectivity index (χ4n) is 2.64. The molecule has 5 heteroatoms. The van der Waals surface area contributed by atoms with E-state index in [1.165, 1.54) is 38.5 Å². The van der Waals surface area contributed by atoms with Crippen LogP contribution in [0.25, 0.3) is 0 Å². The number of ether oxygens (including phenoxy) is 1. The summed E-state index contributed by atoms with van der Waals surface area (Å²) in [5, 5.41) is 8.95. The highest BCUT2D eigenvalue weighted by molar-refractivity contribution is 5.72. The van der Waals surface area contributed by atoms with E-state index in [2.05, 4.69) is 13.0 Å². The van der Waals surface area contributed by atoms with Crippen molar-refractivity contribution in [1.29, 1.82) is 0 Å². The van der Waals surface area contributed by atoms with Gasteiger partial charge in [-0.25, -0.2) is 0 Å². The first kappa shape index (κ1) is 24.4. The number of quaternary nitrogens is 1. The smallest absolute Gasteiger partial charge is 0.310 e. The number of carbonyl (C=O) groups excluding carboxylic acids is 1. The van der Waals surface area contributed by atoms with Crippen molar-refractivity contribution in [2.75, 3.05) is 27.7 Å². The molecule has 0 aliphatic heterocycles. The van der Waals surface area contributed by atoms with Crippen LogP contribution in [0, 0.1) is 0 Å². The zero-order valence-corrected chi connectivity index (χ0v) is 17.1. The summed E-state index contributed by atoms with van der Waals surface area (Å²) in [6, 6.07) is 0. The van der Waals surface area contributed by atoms with Gasteiger partial charge in [-0.05, 0) is 12.8 Å². The van der Waals surface area contributed by atoms with E-state index in [4.69, 9.17) is 9.84 Å². The summed E-state index contributed by atoms with van der Waals surface area (Å²) in [5.74, 6) is -1.34. The third-order valence-corrected chi connectivity index (χ3v) is 3.84. The van der Waals surface area contributed by atoms with Crippen LogP contribution < -0.4 is 0 Å². The highest BCUT2D eigenvalue weighted by atomic mass is 16.5. The van der Waals surface area contributed by atoms with Crippen LogP contribution in [-0.2, 0) is 14.3 Å².